The van der Waals surface area contributed by atoms with Gasteiger partial charge in [0.05, 0.1) is 34.9 Å². The van der Waals surface area contributed by atoms with Crippen LogP contribution < -0.4 is 16.2 Å². The average molecular weight is 553 g/mol. The summed E-state index contributed by atoms with van der Waals surface area (Å²) in [6, 6.07) is 13.5. The summed E-state index contributed by atoms with van der Waals surface area (Å²) in [5, 5.41) is 6.58. The van der Waals surface area contributed by atoms with E-state index in [9.17, 15) is 19.2 Å². The Morgan fingerprint density at radius 2 is 1.92 bits per heavy atom. The summed E-state index contributed by atoms with van der Waals surface area (Å²) >= 11 is 1.15. The molecule has 3 aromatic rings. The number of thioether (sulfide) groups is 1. The van der Waals surface area contributed by atoms with Crippen molar-refractivity contribution in [2.45, 2.75) is 50.4 Å². The van der Waals surface area contributed by atoms with Gasteiger partial charge in [-0.2, -0.15) is 0 Å². The predicted molar refractivity (Wildman–Crippen MR) is 149 cm³/mol. The van der Waals surface area contributed by atoms with Crippen LogP contribution in [0.1, 0.15) is 43.0 Å². The predicted octanol–water partition coefficient (Wildman–Crippen LogP) is 3.38. The van der Waals surface area contributed by atoms with Crippen LogP contribution in [0.2, 0.25) is 0 Å². The molecule has 0 spiro atoms. The van der Waals surface area contributed by atoms with E-state index >= 15 is 0 Å². The second-order valence-electron chi connectivity index (χ2n) is 9.05. The molecule has 11 heteroatoms. The van der Waals surface area contributed by atoms with Gasteiger partial charge in [-0.05, 0) is 62.6 Å². The second-order valence-corrected chi connectivity index (χ2v) is 9.99. The lowest BCUT2D eigenvalue weighted by atomic mass is 10.2. The maximum Gasteiger partial charge on any atom is 0.338 e. The summed E-state index contributed by atoms with van der Waals surface area (Å²) in [6.07, 6.45) is 2.75. The summed E-state index contributed by atoms with van der Waals surface area (Å²) in [5.41, 5.74) is 1.27. The molecule has 1 fully saturated rings. The third-order valence-electron chi connectivity index (χ3n) is 6.18. The Morgan fingerprint density at radius 3 is 2.67 bits per heavy atom. The third-order valence-corrected chi connectivity index (χ3v) is 7.15. The molecule has 0 aliphatic carbocycles. The number of para-hydroxylation sites is 1. The van der Waals surface area contributed by atoms with Crippen molar-refractivity contribution in [3.63, 3.8) is 0 Å². The summed E-state index contributed by atoms with van der Waals surface area (Å²) in [6.45, 7) is 3.55. The lowest BCUT2D eigenvalue weighted by Crippen LogP contribution is -2.32. The number of rotatable bonds is 12. The van der Waals surface area contributed by atoms with Crippen molar-refractivity contribution in [3.8, 4) is 0 Å². The van der Waals surface area contributed by atoms with Gasteiger partial charge in [0, 0.05) is 31.8 Å². The van der Waals surface area contributed by atoms with Crippen molar-refractivity contribution in [1.82, 2.24) is 14.9 Å². The number of anilines is 1. The van der Waals surface area contributed by atoms with E-state index in [4.69, 9.17) is 9.47 Å². The molecule has 0 radical (unpaired) electrons. The number of hydrogen-bond donors (Lipinski definition) is 2. The molecule has 2 aromatic carbocycles. The number of esters is 1. The summed E-state index contributed by atoms with van der Waals surface area (Å²) in [4.78, 5) is 54.6. The van der Waals surface area contributed by atoms with Crippen molar-refractivity contribution in [1.29, 1.82) is 0 Å². The third kappa shape index (κ3) is 7.90. The topological polar surface area (TPSA) is 129 Å². The number of nitrogens with one attached hydrogen (secondary N) is 2. The van der Waals surface area contributed by atoms with E-state index in [2.05, 4.69) is 15.6 Å². The molecule has 10 nitrogen and oxygen atoms in total. The highest BCUT2D eigenvalue weighted by Crippen LogP contribution is 2.19. The molecule has 1 aromatic heterocycles. The molecule has 4 rings (SSSR count). The van der Waals surface area contributed by atoms with Gasteiger partial charge < -0.3 is 20.1 Å². The molecule has 206 valence electrons. The van der Waals surface area contributed by atoms with E-state index in [1.165, 1.54) is 4.57 Å². The minimum absolute atomic E-state index is 0.0201. The quantitative estimate of drug-likeness (QED) is 0.199. The van der Waals surface area contributed by atoms with Gasteiger partial charge in [-0.25, -0.2) is 9.78 Å². The molecular formula is C28H32N4O6S. The number of ether oxygens (including phenoxy) is 2. The van der Waals surface area contributed by atoms with Crippen molar-refractivity contribution >= 4 is 46.1 Å². The van der Waals surface area contributed by atoms with E-state index in [1.807, 2.05) is 0 Å². The number of hydrogen-bond acceptors (Lipinski definition) is 8. The Balaban J connectivity index is 1.37. The second kappa shape index (κ2) is 13.9. The zero-order valence-electron chi connectivity index (χ0n) is 21.8. The number of benzene rings is 2. The minimum Gasteiger partial charge on any atom is -0.462 e. The van der Waals surface area contributed by atoms with E-state index in [0.29, 0.717) is 46.8 Å². The fraction of sp³-hybridized carbons (Fsp3) is 0.393. The van der Waals surface area contributed by atoms with Gasteiger partial charge in [-0.1, -0.05) is 23.9 Å². The minimum atomic E-state index is -0.424. The van der Waals surface area contributed by atoms with Crippen LogP contribution in [0.25, 0.3) is 10.9 Å². The molecule has 0 unspecified atom stereocenters. The van der Waals surface area contributed by atoms with Crippen LogP contribution in [0.3, 0.4) is 0 Å². The van der Waals surface area contributed by atoms with Crippen molar-refractivity contribution in [3.05, 3.63) is 64.4 Å². The summed E-state index contributed by atoms with van der Waals surface area (Å²) in [7, 11) is 0. The van der Waals surface area contributed by atoms with Gasteiger partial charge in [0.2, 0.25) is 11.8 Å². The van der Waals surface area contributed by atoms with Gasteiger partial charge in [-0.15, -0.1) is 0 Å². The zero-order valence-corrected chi connectivity index (χ0v) is 22.6. The van der Waals surface area contributed by atoms with Gasteiger partial charge in [-0.3, -0.25) is 19.0 Å². The molecule has 0 bridgehead atoms. The number of amides is 2. The van der Waals surface area contributed by atoms with E-state index in [1.54, 1.807) is 55.5 Å². The average Bonchev–Trinajstić information content (AvgIpc) is 3.46. The molecule has 0 saturated carbocycles. The van der Waals surface area contributed by atoms with Gasteiger partial charge in [0.15, 0.2) is 5.16 Å². The first-order valence-electron chi connectivity index (χ1n) is 13.0. The normalized spacial score (nSPS) is 14.7. The van der Waals surface area contributed by atoms with E-state index in [0.717, 1.165) is 31.2 Å². The molecule has 1 atom stereocenters. The molecule has 2 heterocycles. The molecule has 1 saturated heterocycles. The van der Waals surface area contributed by atoms with Crippen LogP contribution in [0.5, 0.6) is 0 Å². The fourth-order valence-electron chi connectivity index (χ4n) is 4.21. The van der Waals surface area contributed by atoms with Crippen LogP contribution in [-0.4, -0.2) is 59.0 Å². The Morgan fingerprint density at radius 1 is 1.13 bits per heavy atom. The highest BCUT2D eigenvalue weighted by molar-refractivity contribution is 7.99. The van der Waals surface area contributed by atoms with Crippen LogP contribution in [-0.2, 0) is 25.6 Å². The Labute approximate surface area is 230 Å². The molecule has 1 aliphatic heterocycles. The van der Waals surface area contributed by atoms with E-state index < -0.39 is 5.97 Å². The van der Waals surface area contributed by atoms with Gasteiger partial charge in [0.1, 0.15) is 0 Å². The zero-order chi connectivity index (χ0) is 27.6. The number of carbonyl (C=O) groups is 3. The molecule has 2 amide bonds. The Kier molecular flexibility index (Phi) is 10.1. The first kappa shape index (κ1) is 28.3. The fourth-order valence-corrected chi connectivity index (χ4v) is 5.03. The first-order chi connectivity index (χ1) is 18.9. The van der Waals surface area contributed by atoms with Crippen LogP contribution in [0.15, 0.2) is 58.5 Å². The van der Waals surface area contributed by atoms with E-state index in [-0.39, 0.29) is 42.3 Å². The maximum atomic E-state index is 13.2. The Hall–Kier alpha value is -3.70. The lowest BCUT2D eigenvalue weighted by molar-refractivity contribution is -0.121. The molecule has 39 heavy (non-hydrogen) atoms. The largest absolute Gasteiger partial charge is 0.462 e. The molecule has 2 N–H and O–H groups in total. The van der Waals surface area contributed by atoms with Crippen LogP contribution in [0, 0.1) is 0 Å². The highest BCUT2D eigenvalue weighted by Gasteiger charge is 2.17. The molecular weight excluding hydrogens is 520 g/mol. The van der Waals surface area contributed by atoms with Crippen LogP contribution >= 0.6 is 11.8 Å². The number of carbonyl (C=O) groups excluding carboxylic acids is 3. The lowest BCUT2D eigenvalue weighted by Gasteiger charge is -2.14. The van der Waals surface area contributed by atoms with Gasteiger partial charge in [0.25, 0.3) is 5.56 Å². The van der Waals surface area contributed by atoms with Crippen molar-refractivity contribution < 1.29 is 23.9 Å². The number of fused-ring (bicyclic) bond motifs is 1. The highest BCUT2D eigenvalue weighted by atomic mass is 32.2. The van der Waals surface area contributed by atoms with Crippen molar-refractivity contribution in [2.75, 3.05) is 30.8 Å². The van der Waals surface area contributed by atoms with Crippen molar-refractivity contribution in [2.24, 2.45) is 0 Å². The summed E-state index contributed by atoms with van der Waals surface area (Å²) < 4.78 is 12.0. The van der Waals surface area contributed by atoms with Gasteiger partial charge >= 0.3 is 5.97 Å². The van der Waals surface area contributed by atoms with Crippen LogP contribution in [0.4, 0.5) is 5.69 Å². The number of aromatic nitrogens is 2. The maximum absolute atomic E-state index is 13.2. The number of nitrogens with zero attached hydrogens (tertiary/aromatic N) is 2. The monoisotopic (exact) mass is 552 g/mol. The molecule has 1 aliphatic rings. The Bertz CT molecular complexity index is 1370. The SMILES string of the molecule is CCOC(=O)c1ccc(NC(=O)CSc2nc3ccccc3c(=O)n2CCCC(=O)NC[C@@H]2CCCO2)cc1. The standard InChI is InChI=1S/C28H32N4O6S/c1-2-37-27(36)19-11-13-20(14-12-19)30-25(34)18-39-28-31-23-9-4-3-8-22(23)26(35)32(28)15-5-10-24(33)29-17-21-7-6-16-38-21/h3-4,8-9,11-14,21H,2,5-7,10,15-18H2,1H3,(H,29,33)(H,30,34)/t21-/m0/s1. The first-order valence-corrected chi connectivity index (χ1v) is 14.0. The smallest absolute Gasteiger partial charge is 0.338 e. The summed E-state index contributed by atoms with van der Waals surface area (Å²) in [5.74, 6) is -0.778.